The van der Waals surface area contributed by atoms with E-state index < -0.39 is 97.5 Å². The summed E-state index contributed by atoms with van der Waals surface area (Å²) < 4.78 is 68.9. The number of esters is 4. The molecule has 0 aromatic heterocycles. The van der Waals surface area contributed by atoms with E-state index in [-0.39, 0.29) is 25.7 Å². The summed E-state index contributed by atoms with van der Waals surface area (Å²) in [6, 6.07) is 0. The van der Waals surface area contributed by atoms with E-state index in [4.69, 9.17) is 37.0 Å². The van der Waals surface area contributed by atoms with Gasteiger partial charge >= 0.3 is 39.5 Å². The summed E-state index contributed by atoms with van der Waals surface area (Å²) in [7, 11) is -9.93. The quantitative estimate of drug-likeness (QED) is 0.0222. The van der Waals surface area contributed by atoms with Gasteiger partial charge in [0.2, 0.25) is 0 Å². The highest BCUT2D eigenvalue weighted by molar-refractivity contribution is 7.47. The molecule has 19 heteroatoms. The first kappa shape index (κ1) is 105. The van der Waals surface area contributed by atoms with Gasteiger partial charge in [0, 0.05) is 25.7 Å². The Bertz CT molecular complexity index is 2050. The van der Waals surface area contributed by atoms with Crippen LogP contribution in [0.2, 0.25) is 0 Å². The molecule has 0 bridgehead atoms. The molecule has 3 N–H and O–H groups in total. The van der Waals surface area contributed by atoms with Crippen LogP contribution in [0.1, 0.15) is 472 Å². The number of carbonyl (C=O) groups is 4. The SMILES string of the molecule is CCCCCCCCCCCCCCCCCCCCCCCC(=O)OC[C@H](COP(=O)(O)OC[C@@H](O)COP(=O)(O)OC[C@@H](COC(=O)CCCCCCCCCCC(C)C)OC(=O)CCCCCCCCCCCCCCCC)OC(=O)CCCCCCCCCCCCCCCCCCCCC(C)C. The van der Waals surface area contributed by atoms with Crippen molar-refractivity contribution in [1.82, 2.24) is 0 Å². The van der Waals surface area contributed by atoms with Crippen LogP contribution in [0.5, 0.6) is 0 Å². The molecule has 0 fully saturated rings. The van der Waals surface area contributed by atoms with Gasteiger partial charge in [-0.05, 0) is 37.5 Å². The fourth-order valence-corrected chi connectivity index (χ4v) is 15.4. The van der Waals surface area contributed by atoms with Crippen LogP contribution in [-0.2, 0) is 65.4 Å². The third-order valence-corrected chi connectivity index (χ3v) is 22.6. The standard InChI is InChI=1S/C88H172O17P2/c1-7-9-11-13-15-17-19-21-23-24-25-26-27-31-34-38-41-45-52-58-64-70-85(90)98-76-83(104-88(93)73-67-61-55-47-43-39-35-32-29-28-30-33-36-40-44-50-56-62-68-80(3)4)78-102-106(94,95)100-74-82(89)75-101-107(96,97)103-79-84(77-99-86(91)71-65-59-53-49-48-51-57-63-69-81(5)6)105-87(92)72-66-60-54-46-42-37-22-20-18-16-14-12-10-8-2/h80-84,89H,7-79H2,1-6H3,(H,94,95)(H,96,97)/t82-,83-,84-/m1/s1. The number of phosphoric ester groups is 2. The predicted octanol–water partition coefficient (Wildman–Crippen LogP) is 27.0. The molecule has 0 amide bonds. The van der Waals surface area contributed by atoms with E-state index in [1.54, 1.807) is 0 Å². The van der Waals surface area contributed by atoms with Crippen LogP contribution >= 0.6 is 15.6 Å². The summed E-state index contributed by atoms with van der Waals surface area (Å²) >= 11 is 0. The smallest absolute Gasteiger partial charge is 0.462 e. The van der Waals surface area contributed by atoms with E-state index in [1.807, 2.05) is 0 Å². The van der Waals surface area contributed by atoms with E-state index >= 15 is 0 Å². The zero-order valence-electron chi connectivity index (χ0n) is 70.5. The average molecular weight is 1560 g/mol. The number of phosphoric acid groups is 2. The number of aliphatic hydroxyl groups excluding tert-OH is 1. The van der Waals surface area contributed by atoms with Crippen molar-refractivity contribution in [3.05, 3.63) is 0 Å². The summed E-state index contributed by atoms with van der Waals surface area (Å²) in [6.07, 6.45) is 72.4. The van der Waals surface area contributed by atoms with Crippen molar-refractivity contribution in [3.63, 3.8) is 0 Å². The molecule has 0 aromatic carbocycles. The Labute approximate surface area is 658 Å². The summed E-state index contributed by atoms with van der Waals surface area (Å²) in [6.45, 7) is 9.68. The van der Waals surface area contributed by atoms with Crippen LogP contribution in [0.25, 0.3) is 0 Å². The van der Waals surface area contributed by atoms with Gasteiger partial charge < -0.3 is 33.8 Å². The molecule has 636 valence electrons. The van der Waals surface area contributed by atoms with Crippen molar-refractivity contribution in [2.45, 2.75) is 490 Å². The highest BCUT2D eigenvalue weighted by Gasteiger charge is 2.30. The van der Waals surface area contributed by atoms with Crippen molar-refractivity contribution in [2.24, 2.45) is 11.8 Å². The van der Waals surface area contributed by atoms with Gasteiger partial charge in [0.25, 0.3) is 0 Å². The Morgan fingerprint density at radius 1 is 0.252 bits per heavy atom. The summed E-state index contributed by atoms with van der Waals surface area (Å²) in [5.74, 6) is -0.554. The van der Waals surface area contributed by atoms with Crippen LogP contribution in [0.15, 0.2) is 0 Å². The molecule has 2 unspecified atom stereocenters. The highest BCUT2D eigenvalue weighted by atomic mass is 31.2. The third kappa shape index (κ3) is 81.9. The maximum absolute atomic E-state index is 13.2. The number of unbranched alkanes of at least 4 members (excludes halogenated alkanes) is 57. The molecule has 0 aliphatic carbocycles. The van der Waals surface area contributed by atoms with Gasteiger partial charge in [0.15, 0.2) is 12.2 Å². The van der Waals surface area contributed by atoms with Gasteiger partial charge in [-0.2, -0.15) is 0 Å². The molecule has 0 aromatic rings. The molecule has 0 spiro atoms. The van der Waals surface area contributed by atoms with Gasteiger partial charge in [-0.1, -0.05) is 420 Å². The van der Waals surface area contributed by atoms with E-state index in [0.717, 1.165) is 102 Å². The van der Waals surface area contributed by atoms with Gasteiger partial charge in [0.1, 0.15) is 19.3 Å². The largest absolute Gasteiger partial charge is 0.472 e. The maximum atomic E-state index is 13.2. The number of rotatable bonds is 87. The molecule has 0 aliphatic rings. The summed E-state index contributed by atoms with van der Waals surface area (Å²) in [4.78, 5) is 73.3. The number of ether oxygens (including phenoxy) is 4. The van der Waals surface area contributed by atoms with Crippen LogP contribution in [-0.4, -0.2) is 96.7 Å². The minimum atomic E-state index is -4.97. The molecule has 0 saturated carbocycles. The van der Waals surface area contributed by atoms with E-state index in [2.05, 4.69) is 41.5 Å². The number of hydrogen-bond donors (Lipinski definition) is 3. The second kappa shape index (κ2) is 79.3. The van der Waals surface area contributed by atoms with Crippen molar-refractivity contribution < 1.29 is 80.2 Å². The molecule has 0 saturated heterocycles. The van der Waals surface area contributed by atoms with Crippen molar-refractivity contribution in [1.29, 1.82) is 0 Å². The molecule has 5 atom stereocenters. The molecule has 0 rings (SSSR count). The van der Waals surface area contributed by atoms with E-state index in [9.17, 15) is 43.2 Å². The van der Waals surface area contributed by atoms with E-state index in [1.165, 1.54) is 289 Å². The third-order valence-electron chi connectivity index (χ3n) is 20.7. The Balaban J connectivity index is 5.22. The van der Waals surface area contributed by atoms with Crippen molar-refractivity contribution in [2.75, 3.05) is 39.6 Å². The Morgan fingerprint density at radius 2 is 0.430 bits per heavy atom. The van der Waals surface area contributed by atoms with Gasteiger partial charge in [-0.3, -0.25) is 37.3 Å². The van der Waals surface area contributed by atoms with Crippen molar-refractivity contribution in [3.8, 4) is 0 Å². The van der Waals surface area contributed by atoms with Crippen LogP contribution in [0.3, 0.4) is 0 Å². The zero-order valence-corrected chi connectivity index (χ0v) is 72.2. The lowest BCUT2D eigenvalue weighted by Crippen LogP contribution is -2.30. The van der Waals surface area contributed by atoms with Gasteiger partial charge in [-0.25, -0.2) is 9.13 Å². The Morgan fingerprint density at radius 3 is 0.636 bits per heavy atom. The highest BCUT2D eigenvalue weighted by Crippen LogP contribution is 2.45. The second-order valence-corrected chi connectivity index (χ2v) is 35.5. The minimum absolute atomic E-state index is 0.108. The number of hydrogen-bond acceptors (Lipinski definition) is 15. The zero-order chi connectivity index (χ0) is 78.5. The first-order chi connectivity index (χ1) is 51.9. The normalized spacial score (nSPS) is 13.8. The molecular formula is C88H172O17P2. The number of aliphatic hydroxyl groups is 1. The Hall–Kier alpha value is -1.94. The van der Waals surface area contributed by atoms with Crippen LogP contribution < -0.4 is 0 Å². The van der Waals surface area contributed by atoms with Crippen LogP contribution in [0, 0.1) is 11.8 Å². The molecule has 0 aliphatic heterocycles. The monoisotopic (exact) mass is 1560 g/mol. The van der Waals surface area contributed by atoms with Gasteiger partial charge in [0.05, 0.1) is 26.4 Å². The lowest BCUT2D eigenvalue weighted by atomic mass is 10.0. The van der Waals surface area contributed by atoms with Crippen molar-refractivity contribution >= 4 is 39.5 Å². The molecule has 0 radical (unpaired) electrons. The molecular weight excluding hydrogens is 1390 g/mol. The average Bonchev–Trinajstić information content (AvgIpc) is 0.905. The molecule has 107 heavy (non-hydrogen) atoms. The van der Waals surface area contributed by atoms with E-state index in [0.29, 0.717) is 25.7 Å². The predicted molar refractivity (Wildman–Crippen MR) is 442 cm³/mol. The van der Waals surface area contributed by atoms with Crippen LogP contribution in [0.4, 0.5) is 0 Å². The first-order valence-corrected chi connectivity index (χ1v) is 48.5. The number of carbonyl (C=O) groups excluding carboxylic acids is 4. The topological polar surface area (TPSA) is 237 Å². The first-order valence-electron chi connectivity index (χ1n) is 45.5. The lowest BCUT2D eigenvalue weighted by molar-refractivity contribution is -0.161. The molecule has 17 nitrogen and oxygen atoms in total. The summed E-state index contributed by atoms with van der Waals surface area (Å²) in [5, 5.41) is 10.7. The van der Waals surface area contributed by atoms with Gasteiger partial charge in [-0.15, -0.1) is 0 Å². The lowest BCUT2D eigenvalue weighted by Gasteiger charge is -2.21. The fraction of sp³-hybridized carbons (Fsp3) is 0.955. The fourth-order valence-electron chi connectivity index (χ4n) is 13.8. The second-order valence-electron chi connectivity index (χ2n) is 32.6. The summed E-state index contributed by atoms with van der Waals surface area (Å²) in [5.41, 5.74) is 0. The maximum Gasteiger partial charge on any atom is 0.472 e. The molecule has 0 heterocycles. The minimum Gasteiger partial charge on any atom is -0.462 e. The Kier molecular flexibility index (Phi) is 77.9.